The van der Waals surface area contributed by atoms with Crippen molar-refractivity contribution in [3.05, 3.63) is 88.1 Å². The quantitative estimate of drug-likeness (QED) is 0.0927. The molecular formula is C50H55F2N9O7S. The Kier molecular flexibility index (Phi) is 12.0. The summed E-state index contributed by atoms with van der Waals surface area (Å²) in [5.74, 6) is 0.572. The lowest BCUT2D eigenvalue weighted by molar-refractivity contribution is -0.138. The number of aromatic amines is 2. The number of alkyl carbamates (subject to hydrolysis) is 2. The molecule has 5 atom stereocenters. The lowest BCUT2D eigenvalue weighted by Crippen LogP contribution is -2.56. The van der Waals surface area contributed by atoms with Crippen LogP contribution in [0.3, 0.4) is 0 Å². The topological polar surface area (TPSA) is 189 Å². The standard InChI is InChI=1S/C50H55F2N9O7S/c1-25(2)41(57-48(64)66-5)45(62)59-17-7-9-34(59)43-54-24-32(56-43)28-20-30(51)40-36-21-29-19-27(13-14-33(29)61(36)47(68-37(40)22-28)39-16-15-38(69-39)26-11-12-26)31-23-53-44(55-31)35-10-8-18-60(35)46(63)42(50(3,4)52)58-49(65)67-6/h13-16,19-26,34-35,41-42,47H,7-12,17-18H2,1-6H3,(H,53,55)(H,54,56)(H,57,64)(H,58,65)/t34-,35-,41-,42?,47?/m0/s1. The molecule has 1 saturated carbocycles. The van der Waals surface area contributed by atoms with E-state index in [0.717, 1.165) is 47.7 Å². The molecule has 0 radical (unpaired) electrons. The van der Waals surface area contributed by atoms with Crippen LogP contribution in [0.4, 0.5) is 18.4 Å². The molecule has 362 valence electrons. The lowest BCUT2D eigenvalue weighted by Gasteiger charge is -2.32. The minimum atomic E-state index is -2.06. The first-order chi connectivity index (χ1) is 33.1. The number of thiophene rings is 1. The lowest BCUT2D eigenvalue weighted by atomic mass is 9.99. The number of carbonyl (C=O) groups excluding carboxylic acids is 4. The molecule has 10 rings (SSSR count). The van der Waals surface area contributed by atoms with Gasteiger partial charge in [0.1, 0.15) is 41.0 Å². The summed E-state index contributed by atoms with van der Waals surface area (Å²) in [5.41, 5.74) is 2.37. The summed E-state index contributed by atoms with van der Waals surface area (Å²) in [6.07, 6.45) is 6.18. The monoisotopic (exact) mass is 963 g/mol. The van der Waals surface area contributed by atoms with Crippen LogP contribution in [0.15, 0.2) is 60.9 Å². The summed E-state index contributed by atoms with van der Waals surface area (Å²) in [4.78, 5) is 73.6. The number of fused-ring (bicyclic) bond motifs is 5. The number of H-pyrrole nitrogens is 2. The zero-order valence-corrected chi connectivity index (χ0v) is 40.0. The highest BCUT2D eigenvalue weighted by molar-refractivity contribution is 7.12. The number of rotatable bonds is 12. The fourth-order valence-corrected chi connectivity index (χ4v) is 11.3. The summed E-state index contributed by atoms with van der Waals surface area (Å²) in [6, 6.07) is 12.5. The van der Waals surface area contributed by atoms with Gasteiger partial charge in [-0.1, -0.05) is 19.9 Å². The predicted octanol–water partition coefficient (Wildman–Crippen LogP) is 9.29. The van der Waals surface area contributed by atoms with Gasteiger partial charge in [0.25, 0.3) is 0 Å². The van der Waals surface area contributed by atoms with Crippen LogP contribution in [-0.2, 0) is 19.1 Å². The number of carbonyl (C=O) groups is 4. The predicted molar refractivity (Wildman–Crippen MR) is 254 cm³/mol. The summed E-state index contributed by atoms with van der Waals surface area (Å²) in [6.45, 7) is 7.09. The number of imidazole rings is 2. The average molecular weight is 964 g/mol. The van der Waals surface area contributed by atoms with Crippen LogP contribution in [0, 0.1) is 11.7 Å². The van der Waals surface area contributed by atoms with Crippen molar-refractivity contribution >= 4 is 46.2 Å². The van der Waals surface area contributed by atoms with E-state index in [2.05, 4.69) is 47.0 Å². The van der Waals surface area contributed by atoms with Gasteiger partial charge >= 0.3 is 12.2 Å². The van der Waals surface area contributed by atoms with Crippen LogP contribution in [0.5, 0.6) is 5.75 Å². The van der Waals surface area contributed by atoms with Crippen molar-refractivity contribution in [2.75, 3.05) is 27.3 Å². The summed E-state index contributed by atoms with van der Waals surface area (Å²) in [5, 5.41) is 5.90. The van der Waals surface area contributed by atoms with Gasteiger partial charge < -0.3 is 44.6 Å². The van der Waals surface area contributed by atoms with Crippen molar-refractivity contribution in [2.45, 2.75) is 108 Å². The Morgan fingerprint density at radius 2 is 1.43 bits per heavy atom. The zero-order valence-electron chi connectivity index (χ0n) is 39.2. The zero-order chi connectivity index (χ0) is 48.5. The van der Waals surface area contributed by atoms with Crippen molar-refractivity contribution in [3.8, 4) is 39.5 Å². The molecule has 4 aromatic heterocycles. The average Bonchev–Trinajstić information content (AvgIpc) is 4.05. The molecule has 2 unspecified atom stereocenters. The molecule has 69 heavy (non-hydrogen) atoms. The molecule has 4 N–H and O–H groups in total. The van der Waals surface area contributed by atoms with E-state index in [-0.39, 0.29) is 17.9 Å². The molecule has 2 aromatic carbocycles. The van der Waals surface area contributed by atoms with E-state index in [1.807, 2.05) is 44.2 Å². The second-order valence-electron chi connectivity index (χ2n) is 19.2. The Morgan fingerprint density at radius 3 is 2.06 bits per heavy atom. The number of likely N-dealkylation sites (tertiary alicyclic amines) is 2. The number of alkyl halides is 1. The first-order valence-electron chi connectivity index (χ1n) is 23.5. The van der Waals surface area contributed by atoms with Gasteiger partial charge in [-0.15, -0.1) is 11.3 Å². The molecule has 0 bridgehead atoms. The van der Waals surface area contributed by atoms with Crippen LogP contribution < -0.4 is 15.4 Å². The van der Waals surface area contributed by atoms with Gasteiger partial charge in [0, 0.05) is 34.5 Å². The van der Waals surface area contributed by atoms with Crippen LogP contribution in [0.25, 0.3) is 44.7 Å². The second-order valence-corrected chi connectivity index (χ2v) is 20.4. The van der Waals surface area contributed by atoms with Crippen molar-refractivity contribution in [1.82, 2.24) is 44.9 Å². The van der Waals surface area contributed by atoms with Gasteiger partial charge in [-0.25, -0.2) is 28.3 Å². The van der Waals surface area contributed by atoms with Gasteiger partial charge in [-0.05, 0) is 107 Å². The molecule has 0 spiro atoms. The summed E-state index contributed by atoms with van der Waals surface area (Å²) < 4.78 is 50.6. The molecule has 7 heterocycles. The third-order valence-electron chi connectivity index (χ3n) is 13.8. The summed E-state index contributed by atoms with van der Waals surface area (Å²) >= 11 is 1.71. The highest BCUT2D eigenvalue weighted by Gasteiger charge is 2.44. The first kappa shape index (κ1) is 46.0. The Bertz CT molecular complexity index is 2970. The molecule has 19 heteroatoms. The van der Waals surface area contributed by atoms with Gasteiger partial charge in [0.05, 0.1) is 71.7 Å². The van der Waals surface area contributed by atoms with Crippen molar-refractivity contribution in [1.29, 1.82) is 0 Å². The van der Waals surface area contributed by atoms with Gasteiger partial charge in [0.15, 0.2) is 0 Å². The van der Waals surface area contributed by atoms with Gasteiger partial charge in [-0.3, -0.25) is 14.2 Å². The number of nitrogens with zero attached hydrogens (tertiary/aromatic N) is 5. The fraction of sp³-hybridized carbons (Fsp3) is 0.440. The maximum Gasteiger partial charge on any atom is 0.407 e. The number of ether oxygens (including phenoxy) is 3. The molecule has 4 aliphatic rings. The highest BCUT2D eigenvalue weighted by atomic mass is 32.1. The second kappa shape index (κ2) is 18.0. The van der Waals surface area contributed by atoms with E-state index in [1.165, 1.54) is 31.9 Å². The Balaban J connectivity index is 0.964. The largest absolute Gasteiger partial charge is 0.464 e. The third kappa shape index (κ3) is 8.58. The van der Waals surface area contributed by atoms with Crippen molar-refractivity contribution in [3.63, 3.8) is 0 Å². The Hall–Kier alpha value is -6.76. The maximum atomic E-state index is 16.9. The molecule has 2 saturated heterocycles. The number of nitrogens with one attached hydrogen (secondary N) is 4. The normalized spacial score (nSPS) is 19.8. The Labute approximate surface area is 401 Å². The number of aromatic nitrogens is 5. The first-order valence-corrected chi connectivity index (χ1v) is 24.3. The van der Waals surface area contributed by atoms with E-state index < -0.39 is 53.9 Å². The molecule has 3 aliphatic heterocycles. The SMILES string of the molecule is COC(=O)NC(C(=O)N1CCC[C@H]1c1ncc(-c2ccc3c(c2)cc2n3C(c3ccc(C4CC4)s3)Oc3cc(-c4cnc([C@@H]5CCCN5C(=O)[C@@H](NC(=O)OC)C(C)C)[nH]4)cc(F)c3-2)[nH]1)C(C)(C)F. The van der Waals surface area contributed by atoms with Crippen molar-refractivity contribution < 1.29 is 42.2 Å². The number of hydrogen-bond donors (Lipinski definition) is 4. The Morgan fingerprint density at radius 1 is 0.812 bits per heavy atom. The number of methoxy groups -OCH3 is 2. The number of amides is 4. The smallest absolute Gasteiger partial charge is 0.407 e. The molecule has 16 nitrogen and oxygen atoms in total. The molecule has 1 aliphatic carbocycles. The minimum Gasteiger partial charge on any atom is -0.464 e. The van der Waals surface area contributed by atoms with E-state index in [0.29, 0.717) is 83.9 Å². The van der Waals surface area contributed by atoms with E-state index in [9.17, 15) is 19.2 Å². The maximum absolute atomic E-state index is 16.9. The number of benzene rings is 2. The number of hydrogen-bond acceptors (Lipinski definition) is 10. The van der Waals surface area contributed by atoms with Crippen LogP contribution in [0.1, 0.15) is 112 Å². The highest BCUT2D eigenvalue weighted by Crippen LogP contribution is 2.50. The van der Waals surface area contributed by atoms with E-state index in [1.54, 1.807) is 33.5 Å². The van der Waals surface area contributed by atoms with Crippen LogP contribution in [0.2, 0.25) is 0 Å². The fourth-order valence-electron chi connectivity index (χ4n) is 10.1. The van der Waals surface area contributed by atoms with Gasteiger partial charge in [-0.2, -0.15) is 0 Å². The van der Waals surface area contributed by atoms with Gasteiger partial charge in [0.2, 0.25) is 18.0 Å². The minimum absolute atomic E-state index is 0.182. The van der Waals surface area contributed by atoms with E-state index in [4.69, 9.17) is 14.5 Å². The molecular weight excluding hydrogens is 909 g/mol. The van der Waals surface area contributed by atoms with Crippen molar-refractivity contribution in [2.24, 2.45) is 5.92 Å². The molecule has 4 amide bonds. The molecule has 3 fully saturated rings. The van der Waals surface area contributed by atoms with E-state index >= 15 is 8.78 Å². The van der Waals surface area contributed by atoms with Crippen LogP contribution in [-0.4, -0.2) is 103 Å². The summed E-state index contributed by atoms with van der Waals surface area (Å²) in [7, 11) is 2.42. The molecule has 6 aromatic rings. The van der Waals surface area contributed by atoms with Crippen LogP contribution >= 0.6 is 11.3 Å². The third-order valence-corrected chi connectivity index (χ3v) is 15.1. The number of halogens is 2.